The van der Waals surface area contributed by atoms with Crippen LogP contribution >= 0.6 is 34.2 Å². The van der Waals surface area contributed by atoms with E-state index >= 15 is 0 Å². The van der Waals surface area contributed by atoms with Crippen LogP contribution in [0.5, 0.6) is 5.75 Å². The molecule has 174 valence electrons. The largest absolute Gasteiger partial charge is 0.488 e. The summed E-state index contributed by atoms with van der Waals surface area (Å²) in [5, 5.41) is 3.20. The lowest BCUT2D eigenvalue weighted by Gasteiger charge is -2.10. The van der Waals surface area contributed by atoms with E-state index in [1.54, 1.807) is 24.3 Å². The number of ether oxygens (including phenoxy) is 2. The van der Waals surface area contributed by atoms with Gasteiger partial charge in [-0.2, -0.15) is 0 Å². The number of imide groups is 1. The number of esters is 1. The maximum Gasteiger partial charge on any atom is 0.373 e. The van der Waals surface area contributed by atoms with Crippen LogP contribution < -0.4 is 10.1 Å². The molecule has 2 aromatic carbocycles. The molecule has 0 bridgehead atoms. The van der Waals surface area contributed by atoms with Gasteiger partial charge in [0.2, 0.25) is 5.76 Å². The first-order valence-electron chi connectivity index (χ1n) is 10.0. The topological polar surface area (TPSA) is 98.1 Å². The van der Waals surface area contributed by atoms with E-state index in [2.05, 4.69) is 32.6 Å². The number of urea groups is 1. The third-order valence-electron chi connectivity index (χ3n) is 4.93. The number of nitrogens with one attached hydrogen (secondary N) is 1. The number of carbonyl (C=O) groups excluding carboxylic acids is 3. The number of halogens is 2. The predicted molar refractivity (Wildman–Crippen MR) is 132 cm³/mol. The molecule has 0 atom stereocenters. The van der Waals surface area contributed by atoms with Crippen molar-refractivity contribution in [1.82, 2.24) is 10.2 Å². The second-order valence-electron chi connectivity index (χ2n) is 7.21. The lowest BCUT2D eigenvalue weighted by atomic mass is 10.2. The van der Waals surface area contributed by atoms with Crippen LogP contribution in [0.4, 0.5) is 4.79 Å². The average Bonchev–Trinajstić information content (AvgIpc) is 3.39. The number of nitrogens with zero attached hydrogens (tertiary/aromatic N) is 1. The van der Waals surface area contributed by atoms with Crippen molar-refractivity contribution in [1.29, 1.82) is 0 Å². The van der Waals surface area contributed by atoms with Gasteiger partial charge in [-0.15, -0.1) is 0 Å². The van der Waals surface area contributed by atoms with Crippen molar-refractivity contribution < 1.29 is 28.3 Å². The van der Waals surface area contributed by atoms with E-state index in [4.69, 9.17) is 20.8 Å². The molecule has 8 nitrogen and oxygen atoms in total. The SMILES string of the molecule is COC(=O)c1ccc(CN2C(=O)N/C(=C\c3ccc(OCc4ccccc4Cl)c(I)c3)C2=O)o1. The first kappa shape index (κ1) is 23.8. The highest BCUT2D eigenvalue weighted by atomic mass is 127. The van der Waals surface area contributed by atoms with Crippen molar-refractivity contribution in [3.8, 4) is 5.75 Å². The molecule has 1 N–H and O–H groups in total. The van der Waals surface area contributed by atoms with Gasteiger partial charge >= 0.3 is 12.0 Å². The second kappa shape index (κ2) is 10.3. The summed E-state index contributed by atoms with van der Waals surface area (Å²) in [6, 6.07) is 15.2. The summed E-state index contributed by atoms with van der Waals surface area (Å²) in [4.78, 5) is 37.6. The van der Waals surface area contributed by atoms with Gasteiger partial charge in [0, 0.05) is 10.6 Å². The summed E-state index contributed by atoms with van der Waals surface area (Å²) < 4.78 is 16.6. The number of methoxy groups -OCH3 is 1. The van der Waals surface area contributed by atoms with E-state index < -0.39 is 17.9 Å². The van der Waals surface area contributed by atoms with Gasteiger partial charge in [-0.05, 0) is 64.6 Å². The van der Waals surface area contributed by atoms with Crippen LogP contribution in [0.1, 0.15) is 27.4 Å². The van der Waals surface area contributed by atoms with E-state index in [1.165, 1.54) is 19.2 Å². The quantitative estimate of drug-likeness (QED) is 0.180. The normalized spacial score (nSPS) is 14.4. The Labute approximate surface area is 213 Å². The molecule has 1 aromatic heterocycles. The molecule has 1 aliphatic rings. The predicted octanol–water partition coefficient (Wildman–Crippen LogP) is 5.00. The molecular weight excluding hydrogens is 575 g/mol. The Hall–Kier alpha value is -3.31. The standard InChI is InChI=1S/C24H18ClIN2O6/c1-32-23(30)21-9-7-16(34-21)12-28-22(29)19(27-24(28)31)11-14-6-8-20(18(26)10-14)33-13-15-4-2-3-5-17(15)25/h2-11H,12-13H2,1H3,(H,27,31)/b19-11-. The maximum absolute atomic E-state index is 12.8. The third-order valence-corrected chi connectivity index (χ3v) is 6.14. The van der Waals surface area contributed by atoms with Crippen LogP contribution in [0.25, 0.3) is 6.08 Å². The number of rotatable bonds is 7. The van der Waals surface area contributed by atoms with Gasteiger partial charge < -0.3 is 19.2 Å². The van der Waals surface area contributed by atoms with Crippen LogP contribution in [-0.4, -0.2) is 29.9 Å². The van der Waals surface area contributed by atoms with Crippen molar-refractivity contribution in [3.63, 3.8) is 0 Å². The van der Waals surface area contributed by atoms with E-state index in [0.29, 0.717) is 22.9 Å². The van der Waals surface area contributed by atoms with E-state index in [0.717, 1.165) is 14.0 Å². The molecule has 2 heterocycles. The Morgan fingerprint density at radius 1 is 1.18 bits per heavy atom. The number of carbonyl (C=O) groups is 3. The van der Waals surface area contributed by atoms with E-state index in [9.17, 15) is 14.4 Å². The summed E-state index contributed by atoms with van der Waals surface area (Å²) >= 11 is 8.32. The average molecular weight is 593 g/mol. The van der Waals surface area contributed by atoms with E-state index in [-0.39, 0.29) is 23.8 Å². The highest BCUT2D eigenvalue weighted by Gasteiger charge is 2.34. The Balaban J connectivity index is 1.44. The molecule has 0 unspecified atom stereocenters. The fraction of sp³-hybridized carbons (Fsp3) is 0.125. The number of amides is 3. The second-order valence-corrected chi connectivity index (χ2v) is 8.78. The van der Waals surface area contributed by atoms with Gasteiger partial charge in [0.25, 0.3) is 5.91 Å². The van der Waals surface area contributed by atoms with Crippen LogP contribution in [0, 0.1) is 3.57 Å². The van der Waals surface area contributed by atoms with Crippen molar-refractivity contribution in [2.24, 2.45) is 0 Å². The van der Waals surface area contributed by atoms with Crippen molar-refractivity contribution in [3.05, 3.63) is 91.5 Å². The molecule has 3 amide bonds. The molecule has 1 aliphatic heterocycles. The zero-order chi connectivity index (χ0) is 24.2. The Kier molecular flexibility index (Phi) is 7.23. The van der Waals surface area contributed by atoms with Gasteiger partial charge in [-0.25, -0.2) is 9.59 Å². The number of hydrogen-bond donors (Lipinski definition) is 1. The molecule has 1 fully saturated rings. The summed E-state index contributed by atoms with van der Waals surface area (Å²) in [5.74, 6) is -0.204. The van der Waals surface area contributed by atoms with E-state index in [1.807, 2.05) is 24.3 Å². The third kappa shape index (κ3) is 5.26. The molecule has 10 heteroatoms. The molecule has 1 saturated heterocycles. The van der Waals surface area contributed by atoms with Crippen molar-refractivity contribution in [2.75, 3.05) is 7.11 Å². The van der Waals surface area contributed by atoms with Crippen LogP contribution in [-0.2, 0) is 22.7 Å². The smallest absolute Gasteiger partial charge is 0.373 e. The fourth-order valence-electron chi connectivity index (χ4n) is 3.21. The summed E-state index contributed by atoms with van der Waals surface area (Å²) in [6.07, 6.45) is 1.59. The highest BCUT2D eigenvalue weighted by Crippen LogP contribution is 2.26. The van der Waals surface area contributed by atoms with Crippen LogP contribution in [0.3, 0.4) is 0 Å². The fourth-order valence-corrected chi connectivity index (χ4v) is 4.09. The summed E-state index contributed by atoms with van der Waals surface area (Å²) in [7, 11) is 1.23. The Morgan fingerprint density at radius 3 is 2.71 bits per heavy atom. The minimum absolute atomic E-state index is 0.00765. The van der Waals surface area contributed by atoms with Gasteiger partial charge in [-0.1, -0.05) is 35.9 Å². The monoisotopic (exact) mass is 592 g/mol. The zero-order valence-electron chi connectivity index (χ0n) is 17.8. The first-order valence-corrected chi connectivity index (χ1v) is 11.5. The summed E-state index contributed by atoms with van der Waals surface area (Å²) in [6.45, 7) is 0.204. The minimum Gasteiger partial charge on any atom is -0.488 e. The Bertz CT molecular complexity index is 1300. The highest BCUT2D eigenvalue weighted by molar-refractivity contribution is 14.1. The molecule has 0 spiro atoms. The van der Waals surface area contributed by atoms with Crippen molar-refractivity contribution >= 4 is 58.2 Å². The lowest BCUT2D eigenvalue weighted by molar-refractivity contribution is -0.123. The molecule has 34 heavy (non-hydrogen) atoms. The van der Waals surface area contributed by atoms with Crippen LogP contribution in [0.15, 0.2) is 64.7 Å². The van der Waals surface area contributed by atoms with Gasteiger partial charge in [0.15, 0.2) is 0 Å². The first-order chi connectivity index (χ1) is 16.4. The number of furan rings is 1. The minimum atomic E-state index is -0.641. The molecule has 0 radical (unpaired) electrons. The maximum atomic E-state index is 12.8. The lowest BCUT2D eigenvalue weighted by Crippen LogP contribution is -2.30. The van der Waals surface area contributed by atoms with Gasteiger partial charge in [0.05, 0.1) is 17.2 Å². The molecule has 4 rings (SSSR count). The molecule has 3 aromatic rings. The van der Waals surface area contributed by atoms with Gasteiger partial charge in [0.1, 0.15) is 23.8 Å². The number of benzene rings is 2. The zero-order valence-corrected chi connectivity index (χ0v) is 20.8. The molecule has 0 saturated carbocycles. The van der Waals surface area contributed by atoms with Gasteiger partial charge in [-0.3, -0.25) is 9.69 Å². The number of hydrogen-bond acceptors (Lipinski definition) is 6. The van der Waals surface area contributed by atoms with Crippen LogP contribution in [0.2, 0.25) is 5.02 Å². The summed E-state index contributed by atoms with van der Waals surface area (Å²) in [5.41, 5.74) is 1.72. The van der Waals surface area contributed by atoms with Crippen molar-refractivity contribution in [2.45, 2.75) is 13.2 Å². The molecule has 0 aliphatic carbocycles. The molecular formula is C24H18ClIN2O6. The Morgan fingerprint density at radius 2 is 1.97 bits per heavy atom.